The van der Waals surface area contributed by atoms with Crippen LogP contribution in [0.4, 0.5) is 0 Å². The van der Waals surface area contributed by atoms with E-state index in [0.717, 1.165) is 32.5 Å². The van der Waals surface area contributed by atoms with E-state index in [4.69, 9.17) is 0 Å². The number of para-hydroxylation sites is 1. The van der Waals surface area contributed by atoms with Crippen molar-refractivity contribution >= 4 is 16.9 Å². The smallest absolute Gasteiger partial charge is 0.279 e. The molecule has 1 amide bonds. The maximum absolute atomic E-state index is 13.2. The van der Waals surface area contributed by atoms with Gasteiger partial charge >= 0.3 is 0 Å². The molecule has 1 aliphatic rings. The highest BCUT2D eigenvalue weighted by atomic mass is 16.2. The fraction of sp³-hybridized carbons (Fsp3) is 0.357. The number of likely N-dealkylation sites (tertiary alicyclic amines) is 1. The molecule has 0 bridgehead atoms. The molecular formula is C28H32N6O2. The molecule has 5 rings (SSSR count). The first-order chi connectivity index (χ1) is 17.4. The van der Waals surface area contributed by atoms with Crippen LogP contribution in [0.15, 0.2) is 59.7 Å². The number of nitrogens with zero attached hydrogens (tertiary/aromatic N) is 5. The highest BCUT2D eigenvalue weighted by Gasteiger charge is 2.24. The Morgan fingerprint density at radius 1 is 1.08 bits per heavy atom. The monoisotopic (exact) mass is 484 g/mol. The molecule has 1 saturated heterocycles. The summed E-state index contributed by atoms with van der Waals surface area (Å²) in [5.41, 5.74) is 5.29. The number of carbonyl (C=O) groups excluding carboxylic acids is 1. The number of aryl methyl sites for hydroxylation is 3. The molecule has 2 aromatic carbocycles. The molecule has 1 N–H and O–H groups in total. The van der Waals surface area contributed by atoms with Gasteiger partial charge in [0.15, 0.2) is 11.2 Å². The average Bonchev–Trinajstić information content (AvgIpc) is 3.29. The van der Waals surface area contributed by atoms with Crippen LogP contribution in [0.2, 0.25) is 0 Å². The number of amides is 1. The van der Waals surface area contributed by atoms with Crippen molar-refractivity contribution in [3.63, 3.8) is 0 Å². The number of hydrogen-bond acceptors (Lipinski definition) is 5. The lowest BCUT2D eigenvalue weighted by atomic mass is 9.95. The van der Waals surface area contributed by atoms with Gasteiger partial charge in [-0.25, -0.2) is 9.67 Å². The van der Waals surface area contributed by atoms with Crippen LogP contribution in [-0.4, -0.2) is 49.8 Å². The molecule has 0 spiro atoms. The molecule has 0 unspecified atom stereocenters. The summed E-state index contributed by atoms with van der Waals surface area (Å²) in [7, 11) is 1.64. The third-order valence-electron chi connectivity index (χ3n) is 7.12. The van der Waals surface area contributed by atoms with E-state index in [2.05, 4.69) is 52.3 Å². The lowest BCUT2D eigenvalue weighted by molar-refractivity contribution is 0.0931. The summed E-state index contributed by atoms with van der Waals surface area (Å²) >= 11 is 0. The van der Waals surface area contributed by atoms with Gasteiger partial charge in [0.1, 0.15) is 5.52 Å². The van der Waals surface area contributed by atoms with Gasteiger partial charge in [-0.3, -0.25) is 14.5 Å². The van der Waals surface area contributed by atoms with E-state index in [1.54, 1.807) is 7.05 Å². The topological polar surface area (TPSA) is 85.0 Å². The number of benzene rings is 2. The maximum atomic E-state index is 13.2. The van der Waals surface area contributed by atoms with Crippen LogP contribution in [0, 0.1) is 19.8 Å². The van der Waals surface area contributed by atoms with Gasteiger partial charge < -0.3 is 9.88 Å². The second-order valence-corrected chi connectivity index (χ2v) is 9.81. The van der Waals surface area contributed by atoms with Crippen molar-refractivity contribution in [1.29, 1.82) is 0 Å². The molecule has 8 nitrogen and oxygen atoms in total. The Kier molecular flexibility index (Phi) is 6.69. The molecule has 0 saturated carbocycles. The number of carbonyl (C=O) groups is 1. The van der Waals surface area contributed by atoms with Gasteiger partial charge in [0.2, 0.25) is 0 Å². The first-order valence-corrected chi connectivity index (χ1v) is 12.5. The van der Waals surface area contributed by atoms with Crippen LogP contribution in [0.3, 0.4) is 0 Å². The standard InChI is InChI=1S/C28H32N6O2/c1-19-9-10-20(2)22(15-19)17-33-13-11-21(12-14-33)16-29-27(35)25-24-26(28(36)32(3)18-30-24)34(31-25)23-7-5-4-6-8-23/h4-10,15,18,21H,11-14,16-17H2,1-3H3,(H,29,35). The molecule has 0 aliphatic carbocycles. The van der Waals surface area contributed by atoms with Crippen molar-refractivity contribution in [3.05, 3.63) is 87.6 Å². The van der Waals surface area contributed by atoms with E-state index in [0.29, 0.717) is 29.2 Å². The lowest BCUT2D eigenvalue weighted by Crippen LogP contribution is -2.38. The zero-order valence-electron chi connectivity index (χ0n) is 21.1. The summed E-state index contributed by atoms with van der Waals surface area (Å²) in [4.78, 5) is 32.9. The molecular weight excluding hydrogens is 452 g/mol. The first-order valence-electron chi connectivity index (χ1n) is 12.5. The lowest BCUT2D eigenvalue weighted by Gasteiger charge is -2.32. The van der Waals surface area contributed by atoms with Gasteiger partial charge in [0.25, 0.3) is 11.5 Å². The SMILES string of the molecule is Cc1ccc(C)c(CN2CCC(CNC(=O)c3nn(-c4ccccc4)c4c(=O)n(C)cnc34)CC2)c1. The molecule has 2 aromatic heterocycles. The van der Waals surface area contributed by atoms with Crippen LogP contribution in [0.1, 0.15) is 40.0 Å². The van der Waals surface area contributed by atoms with Crippen molar-refractivity contribution in [2.45, 2.75) is 33.2 Å². The van der Waals surface area contributed by atoms with Crippen LogP contribution in [-0.2, 0) is 13.6 Å². The number of fused-ring (bicyclic) bond motifs is 1. The predicted octanol–water partition coefficient (Wildman–Crippen LogP) is 3.38. The minimum absolute atomic E-state index is 0.180. The fourth-order valence-corrected chi connectivity index (χ4v) is 4.88. The molecule has 1 fully saturated rings. The van der Waals surface area contributed by atoms with Crippen molar-refractivity contribution in [2.24, 2.45) is 13.0 Å². The second-order valence-electron chi connectivity index (χ2n) is 9.81. The quantitative estimate of drug-likeness (QED) is 0.454. The van der Waals surface area contributed by atoms with E-state index in [1.807, 2.05) is 30.3 Å². The van der Waals surface area contributed by atoms with E-state index in [1.165, 1.54) is 32.3 Å². The number of piperidine rings is 1. The van der Waals surface area contributed by atoms with Gasteiger partial charge in [0.05, 0.1) is 12.0 Å². The Morgan fingerprint density at radius 3 is 2.58 bits per heavy atom. The van der Waals surface area contributed by atoms with Crippen LogP contribution < -0.4 is 10.9 Å². The zero-order valence-corrected chi connectivity index (χ0v) is 21.1. The van der Waals surface area contributed by atoms with E-state index in [9.17, 15) is 9.59 Å². The summed E-state index contributed by atoms with van der Waals surface area (Å²) in [6, 6.07) is 16.0. The normalized spacial score (nSPS) is 14.9. The molecule has 4 aromatic rings. The van der Waals surface area contributed by atoms with Crippen LogP contribution >= 0.6 is 0 Å². The molecule has 186 valence electrons. The number of nitrogens with one attached hydrogen (secondary N) is 1. The highest BCUT2D eigenvalue weighted by Crippen LogP contribution is 2.21. The summed E-state index contributed by atoms with van der Waals surface area (Å²) in [5, 5.41) is 7.58. The Labute approximate surface area is 210 Å². The third-order valence-corrected chi connectivity index (χ3v) is 7.12. The molecule has 0 atom stereocenters. The molecule has 0 radical (unpaired) electrons. The highest BCUT2D eigenvalue weighted by molar-refractivity contribution is 6.03. The third kappa shape index (κ3) is 4.81. The van der Waals surface area contributed by atoms with Crippen molar-refractivity contribution in [2.75, 3.05) is 19.6 Å². The minimum Gasteiger partial charge on any atom is -0.350 e. The average molecular weight is 485 g/mol. The van der Waals surface area contributed by atoms with Crippen LogP contribution in [0.25, 0.3) is 16.7 Å². The second kappa shape index (κ2) is 10.1. The largest absolute Gasteiger partial charge is 0.350 e. The Balaban J connectivity index is 1.26. The molecule has 3 heterocycles. The van der Waals surface area contributed by atoms with E-state index in [-0.39, 0.29) is 17.2 Å². The number of hydrogen-bond donors (Lipinski definition) is 1. The van der Waals surface area contributed by atoms with Crippen molar-refractivity contribution < 1.29 is 4.79 Å². The zero-order chi connectivity index (χ0) is 25.2. The van der Waals surface area contributed by atoms with Crippen molar-refractivity contribution in [1.82, 2.24) is 29.5 Å². The first kappa shape index (κ1) is 23.9. The molecule has 36 heavy (non-hydrogen) atoms. The number of aromatic nitrogens is 4. The fourth-order valence-electron chi connectivity index (χ4n) is 4.88. The Hall–Kier alpha value is -3.78. The van der Waals surface area contributed by atoms with Gasteiger partial charge in [-0.2, -0.15) is 5.10 Å². The van der Waals surface area contributed by atoms with Crippen molar-refractivity contribution in [3.8, 4) is 5.69 Å². The van der Waals surface area contributed by atoms with Gasteiger partial charge in [-0.05, 0) is 69.0 Å². The molecule has 8 heteroatoms. The maximum Gasteiger partial charge on any atom is 0.279 e. The van der Waals surface area contributed by atoms with Gasteiger partial charge in [-0.15, -0.1) is 0 Å². The minimum atomic E-state index is -0.298. The number of rotatable bonds is 6. The van der Waals surface area contributed by atoms with Crippen LogP contribution in [0.5, 0.6) is 0 Å². The Bertz CT molecular complexity index is 1450. The predicted molar refractivity (Wildman–Crippen MR) is 140 cm³/mol. The molecule has 1 aliphatic heterocycles. The van der Waals surface area contributed by atoms with E-state index < -0.39 is 0 Å². The van der Waals surface area contributed by atoms with Gasteiger partial charge in [0, 0.05) is 20.1 Å². The van der Waals surface area contributed by atoms with Gasteiger partial charge in [-0.1, -0.05) is 42.0 Å². The Morgan fingerprint density at radius 2 is 1.83 bits per heavy atom. The summed E-state index contributed by atoms with van der Waals surface area (Å²) in [5.74, 6) is 0.111. The summed E-state index contributed by atoms with van der Waals surface area (Å²) < 4.78 is 2.92. The van der Waals surface area contributed by atoms with E-state index >= 15 is 0 Å². The summed E-state index contributed by atoms with van der Waals surface area (Å²) in [6.07, 6.45) is 3.50. The summed E-state index contributed by atoms with van der Waals surface area (Å²) in [6.45, 7) is 7.88.